The zero-order valence-corrected chi connectivity index (χ0v) is 12.0. The average molecular weight is 295 g/mol. The van der Waals surface area contributed by atoms with Crippen molar-refractivity contribution in [3.8, 4) is 0 Å². The molecule has 0 aliphatic rings. The van der Waals surface area contributed by atoms with Crippen molar-refractivity contribution in [3.05, 3.63) is 69.7 Å². The molecule has 1 nitrogen and oxygen atoms in total. The number of hydrogen-bond acceptors (Lipinski definition) is 1. The van der Waals surface area contributed by atoms with Gasteiger partial charge in [-0.1, -0.05) is 59.6 Å². The molecule has 1 atom stereocenters. The van der Waals surface area contributed by atoms with E-state index in [1.165, 1.54) is 5.56 Å². The van der Waals surface area contributed by atoms with E-state index in [-0.39, 0.29) is 12.5 Å². The molecule has 2 aromatic carbocycles. The molecule has 0 heterocycles. The zero-order chi connectivity index (χ0) is 13.7. The van der Waals surface area contributed by atoms with Crippen molar-refractivity contribution in [1.82, 2.24) is 0 Å². The first-order chi connectivity index (χ1) is 9.22. The van der Waals surface area contributed by atoms with Gasteiger partial charge in [0.1, 0.15) is 0 Å². The third-order valence-electron chi connectivity index (χ3n) is 3.20. The molecule has 1 unspecified atom stereocenters. The Morgan fingerprint density at radius 3 is 2.26 bits per heavy atom. The summed E-state index contributed by atoms with van der Waals surface area (Å²) in [6.45, 7) is 0.199. The van der Waals surface area contributed by atoms with Crippen LogP contribution >= 0.6 is 23.2 Å². The highest BCUT2D eigenvalue weighted by Gasteiger charge is 2.14. The SMILES string of the molecule is OCCCC(c1ccccc1)c1ccc(Cl)c(Cl)c1. The summed E-state index contributed by atoms with van der Waals surface area (Å²) >= 11 is 12.1. The maximum Gasteiger partial charge on any atom is 0.0595 e. The number of hydrogen-bond donors (Lipinski definition) is 1. The lowest BCUT2D eigenvalue weighted by atomic mass is 9.87. The molecule has 0 aliphatic carbocycles. The van der Waals surface area contributed by atoms with Gasteiger partial charge in [0, 0.05) is 12.5 Å². The number of aliphatic hydroxyl groups is 1. The van der Waals surface area contributed by atoms with Gasteiger partial charge in [-0.05, 0) is 36.1 Å². The molecule has 0 aromatic heterocycles. The lowest BCUT2D eigenvalue weighted by Gasteiger charge is -2.18. The van der Waals surface area contributed by atoms with Gasteiger partial charge in [-0.25, -0.2) is 0 Å². The number of rotatable bonds is 5. The van der Waals surface area contributed by atoms with Gasteiger partial charge in [0.2, 0.25) is 0 Å². The van der Waals surface area contributed by atoms with E-state index in [4.69, 9.17) is 28.3 Å². The third kappa shape index (κ3) is 3.73. The standard InChI is InChI=1S/C16H16Cl2O/c17-15-9-8-13(11-16(15)18)14(7-4-10-19)12-5-2-1-3-6-12/h1-3,5-6,8-9,11,14,19H,4,7,10H2. The fourth-order valence-corrected chi connectivity index (χ4v) is 2.54. The molecule has 0 amide bonds. The highest BCUT2D eigenvalue weighted by molar-refractivity contribution is 6.42. The van der Waals surface area contributed by atoms with Crippen LogP contribution in [0.15, 0.2) is 48.5 Å². The summed E-state index contributed by atoms with van der Waals surface area (Å²) in [5.74, 6) is 0.239. The molecule has 100 valence electrons. The largest absolute Gasteiger partial charge is 0.396 e. The molecule has 3 heteroatoms. The molecule has 2 rings (SSSR count). The minimum atomic E-state index is 0.199. The first-order valence-electron chi connectivity index (χ1n) is 6.33. The Hall–Kier alpha value is -1.02. The van der Waals surface area contributed by atoms with Crippen molar-refractivity contribution in [2.45, 2.75) is 18.8 Å². The second-order valence-corrected chi connectivity index (χ2v) is 5.32. The maximum atomic E-state index is 9.06. The van der Waals surface area contributed by atoms with Crippen LogP contribution in [0.4, 0.5) is 0 Å². The lowest BCUT2D eigenvalue weighted by Crippen LogP contribution is -2.02. The molecule has 0 saturated heterocycles. The Balaban J connectivity index is 2.34. The van der Waals surface area contributed by atoms with Crippen LogP contribution in [0.3, 0.4) is 0 Å². The van der Waals surface area contributed by atoms with Gasteiger partial charge in [-0.15, -0.1) is 0 Å². The maximum absolute atomic E-state index is 9.06. The Kier molecular flexibility index (Phi) is 5.26. The predicted molar refractivity (Wildman–Crippen MR) is 81.1 cm³/mol. The van der Waals surface area contributed by atoms with E-state index in [2.05, 4.69) is 12.1 Å². The van der Waals surface area contributed by atoms with E-state index >= 15 is 0 Å². The third-order valence-corrected chi connectivity index (χ3v) is 3.94. The van der Waals surface area contributed by atoms with E-state index in [0.717, 1.165) is 18.4 Å². The minimum absolute atomic E-state index is 0.199. The molecule has 0 aliphatic heterocycles. The molecule has 0 fully saturated rings. The highest BCUT2D eigenvalue weighted by Crippen LogP contribution is 2.33. The van der Waals surface area contributed by atoms with Crippen LogP contribution in [0, 0.1) is 0 Å². The van der Waals surface area contributed by atoms with E-state index in [0.29, 0.717) is 10.0 Å². The van der Waals surface area contributed by atoms with Crippen LogP contribution in [-0.4, -0.2) is 11.7 Å². The van der Waals surface area contributed by atoms with Crippen LogP contribution in [0.2, 0.25) is 10.0 Å². The Labute approximate surface area is 123 Å². The van der Waals surface area contributed by atoms with Gasteiger partial charge in [-0.3, -0.25) is 0 Å². The smallest absolute Gasteiger partial charge is 0.0595 e. The molecule has 0 radical (unpaired) electrons. The minimum Gasteiger partial charge on any atom is -0.396 e. The molecule has 2 aromatic rings. The quantitative estimate of drug-likeness (QED) is 0.832. The highest BCUT2D eigenvalue weighted by atomic mass is 35.5. The van der Waals surface area contributed by atoms with Crippen molar-refractivity contribution < 1.29 is 5.11 Å². The molecular formula is C16H16Cl2O. The fraction of sp³-hybridized carbons (Fsp3) is 0.250. The van der Waals surface area contributed by atoms with Gasteiger partial charge in [0.15, 0.2) is 0 Å². The summed E-state index contributed by atoms with van der Waals surface area (Å²) in [5.41, 5.74) is 2.36. The number of aliphatic hydroxyl groups excluding tert-OH is 1. The molecule has 0 spiro atoms. The average Bonchev–Trinajstić information content (AvgIpc) is 2.44. The summed E-state index contributed by atoms with van der Waals surface area (Å²) in [5, 5.41) is 10.2. The monoisotopic (exact) mass is 294 g/mol. The van der Waals surface area contributed by atoms with Gasteiger partial charge >= 0.3 is 0 Å². The van der Waals surface area contributed by atoms with Crippen LogP contribution in [0.5, 0.6) is 0 Å². The second kappa shape index (κ2) is 6.95. The van der Waals surface area contributed by atoms with Gasteiger partial charge in [-0.2, -0.15) is 0 Å². The van der Waals surface area contributed by atoms with Crippen LogP contribution < -0.4 is 0 Å². The molecule has 1 N–H and O–H groups in total. The Morgan fingerprint density at radius 2 is 1.63 bits per heavy atom. The summed E-state index contributed by atoms with van der Waals surface area (Å²) in [6, 6.07) is 16.0. The summed E-state index contributed by atoms with van der Waals surface area (Å²) in [6.07, 6.45) is 1.65. The van der Waals surface area contributed by atoms with Crippen molar-refractivity contribution in [1.29, 1.82) is 0 Å². The molecular weight excluding hydrogens is 279 g/mol. The Bertz CT molecular complexity index is 526. The van der Waals surface area contributed by atoms with Crippen molar-refractivity contribution in [2.75, 3.05) is 6.61 Å². The van der Waals surface area contributed by atoms with Crippen molar-refractivity contribution in [3.63, 3.8) is 0 Å². The first kappa shape index (κ1) is 14.4. The zero-order valence-electron chi connectivity index (χ0n) is 10.5. The summed E-state index contributed by atoms with van der Waals surface area (Å²) in [7, 11) is 0. The topological polar surface area (TPSA) is 20.2 Å². The normalized spacial score (nSPS) is 12.4. The molecule has 0 bridgehead atoms. The second-order valence-electron chi connectivity index (χ2n) is 4.50. The van der Waals surface area contributed by atoms with E-state index in [1.54, 1.807) is 0 Å². The van der Waals surface area contributed by atoms with Crippen LogP contribution in [-0.2, 0) is 0 Å². The van der Waals surface area contributed by atoms with E-state index < -0.39 is 0 Å². The van der Waals surface area contributed by atoms with Gasteiger partial charge < -0.3 is 5.11 Å². The van der Waals surface area contributed by atoms with Crippen LogP contribution in [0.1, 0.15) is 29.9 Å². The van der Waals surface area contributed by atoms with E-state index in [9.17, 15) is 0 Å². The number of benzene rings is 2. The van der Waals surface area contributed by atoms with Crippen molar-refractivity contribution in [2.24, 2.45) is 0 Å². The number of halogens is 2. The first-order valence-corrected chi connectivity index (χ1v) is 7.08. The predicted octanol–water partition coefficient (Wildman–Crippen LogP) is 4.90. The fourth-order valence-electron chi connectivity index (χ4n) is 2.24. The van der Waals surface area contributed by atoms with E-state index in [1.807, 2.05) is 36.4 Å². The van der Waals surface area contributed by atoms with Crippen LogP contribution in [0.25, 0.3) is 0 Å². The lowest BCUT2D eigenvalue weighted by molar-refractivity contribution is 0.282. The molecule has 0 saturated carbocycles. The van der Waals surface area contributed by atoms with Gasteiger partial charge in [0.25, 0.3) is 0 Å². The van der Waals surface area contributed by atoms with Crippen molar-refractivity contribution >= 4 is 23.2 Å². The van der Waals surface area contributed by atoms with Gasteiger partial charge in [0.05, 0.1) is 10.0 Å². The summed E-state index contributed by atoms with van der Waals surface area (Å²) in [4.78, 5) is 0. The Morgan fingerprint density at radius 1 is 0.895 bits per heavy atom. The molecule has 19 heavy (non-hydrogen) atoms. The summed E-state index contributed by atoms with van der Waals surface area (Å²) < 4.78 is 0.